The minimum Gasteiger partial charge on any atom is -0.268 e. The third-order valence-corrected chi connectivity index (χ3v) is 16.8. The Bertz CT molecular complexity index is 3060. The van der Waals surface area contributed by atoms with Gasteiger partial charge in [0.05, 0.1) is 20.4 Å². The second-order valence-corrected chi connectivity index (χ2v) is 21.0. The van der Waals surface area contributed by atoms with Crippen LogP contribution in [0.1, 0.15) is 122 Å². The lowest BCUT2D eigenvalue weighted by Gasteiger charge is -2.04. The molecule has 0 spiro atoms. The van der Waals surface area contributed by atoms with Gasteiger partial charge >= 0.3 is 0 Å². The van der Waals surface area contributed by atoms with Crippen LogP contribution in [0.2, 0.25) is 0 Å². The van der Waals surface area contributed by atoms with E-state index in [0.717, 1.165) is 63.5 Å². The molecule has 0 saturated carbocycles. The molecule has 10 aromatic rings. The maximum absolute atomic E-state index is 14.3. The van der Waals surface area contributed by atoms with Crippen molar-refractivity contribution in [1.82, 2.24) is 18.8 Å². The smallest absolute Gasteiger partial charge is 0.264 e. The van der Waals surface area contributed by atoms with E-state index >= 15 is 0 Å². The summed E-state index contributed by atoms with van der Waals surface area (Å²) in [6.07, 6.45) is 26.7. The van der Waals surface area contributed by atoms with Crippen LogP contribution in [0.25, 0.3) is 87.2 Å². The van der Waals surface area contributed by atoms with Gasteiger partial charge in [0.1, 0.15) is 9.66 Å². The summed E-state index contributed by atoms with van der Waals surface area (Å²) in [6.45, 7) is 4.53. The van der Waals surface area contributed by atoms with Crippen LogP contribution in [0.15, 0.2) is 56.7 Å². The summed E-state index contributed by atoms with van der Waals surface area (Å²) in [5.41, 5.74) is 5.19. The highest BCUT2D eigenvalue weighted by molar-refractivity contribution is 7.27. The zero-order valence-electron chi connectivity index (χ0n) is 33.5. The number of hydrogen-bond acceptors (Lipinski definition) is 9. The largest absolute Gasteiger partial charge is 0.268 e. The quantitative estimate of drug-likeness (QED) is 0.0636. The minimum absolute atomic E-state index is 0.102. The average molecular weight is 871 g/mol. The summed E-state index contributed by atoms with van der Waals surface area (Å²) in [7, 11) is 0. The maximum Gasteiger partial charge on any atom is 0.264 e. The summed E-state index contributed by atoms with van der Waals surface area (Å²) >= 11 is 8.49. The number of aryl methyl sites for hydroxylation is 2. The topological polar surface area (TPSA) is 68.7 Å². The molecule has 0 N–H and O–H groups in total. The standard InChI is InChI=1S/C48H46N4O2S5/c1-3-5-7-9-11-13-15-31-23-29(27-55-31)17-19-33-25-37-45(57-33)49-43-41-39-35(47(53)51(37)43)21-22-36-40(39)42(59-41)44-50-46-38(52(44)48(36)54)26-34(58-46)20-18-30-24-32(56-28-30)16-14-12-10-8-6-4-2/h17-28H,3-16H2,1-2H3/b19-17+,20-18+. The lowest BCUT2D eigenvalue weighted by atomic mass is 10.0. The van der Waals surface area contributed by atoms with Gasteiger partial charge in [-0.05, 0) is 96.1 Å². The SMILES string of the molecule is CCCCCCCCc1cc(/C=C/c2cc3c(nc4c5sc6c7c(ccc(c(=O)n34)c57)c(=O)n3c4cc(/C=C/c5csc(CCCCCCCC)c5)sc4nc63)s2)cs1. The number of hydrogen-bond donors (Lipinski definition) is 0. The minimum atomic E-state index is -0.102. The molecule has 0 bridgehead atoms. The summed E-state index contributed by atoms with van der Waals surface area (Å²) in [5.74, 6) is 0. The van der Waals surface area contributed by atoms with Crippen molar-refractivity contribution in [1.29, 1.82) is 0 Å². The third-order valence-electron chi connectivity index (χ3n) is 11.7. The summed E-state index contributed by atoms with van der Waals surface area (Å²) in [4.78, 5) is 45.4. The number of rotatable bonds is 18. The van der Waals surface area contributed by atoms with Gasteiger partial charge < -0.3 is 0 Å². The van der Waals surface area contributed by atoms with Crippen LogP contribution >= 0.6 is 56.7 Å². The van der Waals surface area contributed by atoms with E-state index in [-0.39, 0.29) is 11.1 Å². The number of nitrogens with zero attached hydrogens (tertiary/aromatic N) is 4. The molecule has 0 saturated heterocycles. The zero-order valence-corrected chi connectivity index (χ0v) is 37.6. The molecule has 6 nitrogen and oxygen atoms in total. The van der Waals surface area contributed by atoms with Gasteiger partial charge in [-0.25, -0.2) is 9.97 Å². The van der Waals surface area contributed by atoms with Crippen molar-refractivity contribution in [3.8, 4) is 0 Å². The fourth-order valence-electron chi connectivity index (χ4n) is 8.60. The Balaban J connectivity index is 0.931. The predicted octanol–water partition coefficient (Wildman–Crippen LogP) is 14.8. The Morgan fingerprint density at radius 3 is 1.44 bits per heavy atom. The van der Waals surface area contributed by atoms with E-state index in [1.807, 2.05) is 34.8 Å². The third kappa shape index (κ3) is 7.26. The van der Waals surface area contributed by atoms with Crippen molar-refractivity contribution >= 4 is 144 Å². The molecule has 300 valence electrons. The van der Waals surface area contributed by atoms with E-state index in [9.17, 15) is 9.59 Å². The lowest BCUT2D eigenvalue weighted by molar-refractivity contribution is 0.609. The van der Waals surface area contributed by atoms with Crippen LogP contribution in [0, 0.1) is 0 Å². The van der Waals surface area contributed by atoms with Crippen molar-refractivity contribution in [3.63, 3.8) is 0 Å². The van der Waals surface area contributed by atoms with Gasteiger partial charge in [-0.3, -0.25) is 18.4 Å². The fourth-order valence-corrected chi connectivity index (χ4v) is 13.5. The van der Waals surface area contributed by atoms with Gasteiger partial charge in [0, 0.05) is 41.1 Å². The van der Waals surface area contributed by atoms with Gasteiger partial charge in [-0.15, -0.1) is 56.7 Å². The number of unbranched alkanes of at least 4 members (excludes halogenated alkanes) is 10. The van der Waals surface area contributed by atoms with Gasteiger partial charge in [-0.2, -0.15) is 0 Å². The number of fused-ring (bicyclic) bond motifs is 8. The molecule has 59 heavy (non-hydrogen) atoms. The molecule has 0 aliphatic carbocycles. The van der Waals surface area contributed by atoms with E-state index in [0.29, 0.717) is 22.1 Å². The molecule has 9 aromatic heterocycles. The van der Waals surface area contributed by atoms with E-state index < -0.39 is 0 Å². The van der Waals surface area contributed by atoms with E-state index in [1.165, 1.54) is 97.9 Å². The zero-order chi connectivity index (χ0) is 40.0. The summed E-state index contributed by atoms with van der Waals surface area (Å²) < 4.78 is 5.40. The maximum atomic E-state index is 14.3. The molecule has 1 aromatic carbocycles. The molecule has 10 rings (SSSR count). The van der Waals surface area contributed by atoms with Gasteiger partial charge in [0.2, 0.25) is 0 Å². The Kier molecular flexibility index (Phi) is 11.0. The van der Waals surface area contributed by atoms with Crippen LogP contribution in [-0.2, 0) is 12.8 Å². The molecule has 0 fully saturated rings. The van der Waals surface area contributed by atoms with Crippen molar-refractivity contribution in [2.45, 2.75) is 104 Å². The Labute approximate surface area is 362 Å². The Hall–Kier alpha value is -4.26. The first-order chi connectivity index (χ1) is 29.0. The molecule has 0 unspecified atom stereocenters. The summed E-state index contributed by atoms with van der Waals surface area (Å²) in [6, 6.07) is 12.5. The molecule has 9 heterocycles. The number of aromatic nitrogens is 4. The second kappa shape index (κ2) is 16.7. The lowest BCUT2D eigenvalue weighted by Crippen LogP contribution is -2.15. The van der Waals surface area contributed by atoms with E-state index in [4.69, 9.17) is 9.97 Å². The highest BCUT2D eigenvalue weighted by atomic mass is 32.1. The van der Waals surface area contributed by atoms with Crippen LogP contribution in [0.4, 0.5) is 0 Å². The van der Waals surface area contributed by atoms with E-state index in [1.54, 1.807) is 42.8 Å². The van der Waals surface area contributed by atoms with Gasteiger partial charge in [0.15, 0.2) is 11.3 Å². The Morgan fingerprint density at radius 2 is 0.983 bits per heavy atom. The summed E-state index contributed by atoms with van der Waals surface area (Å²) in [5, 5.41) is 7.35. The number of pyridine rings is 2. The van der Waals surface area contributed by atoms with Crippen molar-refractivity contribution in [3.05, 3.63) is 98.5 Å². The molecule has 0 aliphatic heterocycles. The molecule has 0 radical (unpaired) electrons. The first-order valence-electron chi connectivity index (χ1n) is 21.2. The normalized spacial score (nSPS) is 12.8. The molecular weight excluding hydrogens is 825 g/mol. The van der Waals surface area contributed by atoms with Crippen molar-refractivity contribution in [2.24, 2.45) is 0 Å². The Morgan fingerprint density at radius 1 is 0.542 bits per heavy atom. The van der Waals surface area contributed by atoms with Crippen LogP contribution < -0.4 is 11.1 Å². The second-order valence-electron chi connectivity index (χ2n) is 15.9. The highest BCUT2D eigenvalue weighted by Crippen LogP contribution is 2.44. The van der Waals surface area contributed by atoms with E-state index in [2.05, 4.69) is 73.2 Å². The number of imidazole rings is 2. The highest BCUT2D eigenvalue weighted by Gasteiger charge is 2.26. The van der Waals surface area contributed by atoms with Gasteiger partial charge in [-0.1, -0.05) is 90.2 Å². The van der Waals surface area contributed by atoms with Crippen molar-refractivity contribution in [2.75, 3.05) is 0 Å². The predicted molar refractivity (Wildman–Crippen MR) is 261 cm³/mol. The monoisotopic (exact) mass is 870 g/mol. The van der Waals surface area contributed by atoms with Crippen LogP contribution in [-0.4, -0.2) is 18.8 Å². The van der Waals surface area contributed by atoms with Crippen LogP contribution in [0.5, 0.6) is 0 Å². The van der Waals surface area contributed by atoms with Crippen LogP contribution in [0.3, 0.4) is 0 Å². The first kappa shape index (κ1) is 38.9. The number of benzene rings is 1. The molecular formula is C48H46N4O2S5. The average Bonchev–Trinajstić information content (AvgIpc) is 4.09. The molecule has 11 heteroatoms. The van der Waals surface area contributed by atoms with Gasteiger partial charge in [0.25, 0.3) is 11.1 Å². The van der Waals surface area contributed by atoms with Crippen molar-refractivity contribution < 1.29 is 0 Å². The first-order valence-corrected chi connectivity index (χ1v) is 25.4. The molecule has 0 aliphatic rings. The molecule has 0 amide bonds. The molecule has 0 atom stereocenters. The number of thiophene rings is 5. The fraction of sp³-hybridized carbons (Fsp3) is 0.333.